The number of aromatic nitrogens is 2. The van der Waals surface area contributed by atoms with Crippen LogP contribution in [0.15, 0.2) is 30.6 Å². The molecule has 1 heterocycles. The van der Waals surface area contributed by atoms with Crippen LogP contribution >= 0.6 is 0 Å². The van der Waals surface area contributed by atoms with E-state index in [1.807, 2.05) is 37.7 Å². The van der Waals surface area contributed by atoms with Crippen molar-refractivity contribution in [3.05, 3.63) is 47.8 Å². The predicted octanol–water partition coefficient (Wildman–Crippen LogP) is 3.04. The zero-order valence-electron chi connectivity index (χ0n) is 10.2. The summed E-state index contributed by atoms with van der Waals surface area (Å²) in [6.07, 6.45) is 3.61. The molecule has 1 aromatic carbocycles. The molecule has 1 unspecified atom stereocenters. The zero-order chi connectivity index (χ0) is 12.4. The van der Waals surface area contributed by atoms with Gasteiger partial charge in [0.25, 0.3) is 0 Å². The van der Waals surface area contributed by atoms with Crippen molar-refractivity contribution in [1.29, 1.82) is 0 Å². The van der Waals surface area contributed by atoms with Crippen LogP contribution in [0, 0.1) is 12.7 Å². The van der Waals surface area contributed by atoms with Crippen LogP contribution in [0.3, 0.4) is 0 Å². The van der Waals surface area contributed by atoms with Crippen LogP contribution < -0.4 is 5.32 Å². The molecule has 0 aliphatic rings. The van der Waals surface area contributed by atoms with Crippen molar-refractivity contribution in [3.63, 3.8) is 0 Å². The lowest BCUT2D eigenvalue weighted by molar-refractivity contribution is 0.623. The van der Waals surface area contributed by atoms with Crippen molar-refractivity contribution >= 4 is 5.69 Å². The third kappa shape index (κ3) is 2.46. The normalized spacial score (nSPS) is 12.5. The van der Waals surface area contributed by atoms with E-state index in [0.29, 0.717) is 5.69 Å². The molecule has 1 N–H and O–H groups in total. The van der Waals surface area contributed by atoms with Crippen LogP contribution in [-0.2, 0) is 7.05 Å². The summed E-state index contributed by atoms with van der Waals surface area (Å²) in [4.78, 5) is 4.24. The number of hydrogen-bond acceptors (Lipinski definition) is 2. The second kappa shape index (κ2) is 4.57. The lowest BCUT2D eigenvalue weighted by Crippen LogP contribution is -2.12. The average Bonchev–Trinajstić information content (AvgIpc) is 2.68. The molecular formula is C13H16FN3. The van der Waals surface area contributed by atoms with Gasteiger partial charge in [-0.2, -0.15) is 0 Å². The average molecular weight is 233 g/mol. The fourth-order valence-electron chi connectivity index (χ4n) is 1.83. The van der Waals surface area contributed by atoms with Gasteiger partial charge >= 0.3 is 0 Å². The molecule has 0 spiro atoms. The molecule has 0 radical (unpaired) electrons. The van der Waals surface area contributed by atoms with Gasteiger partial charge in [0.2, 0.25) is 0 Å². The van der Waals surface area contributed by atoms with E-state index in [9.17, 15) is 4.39 Å². The van der Waals surface area contributed by atoms with Crippen LogP contribution in [0.1, 0.15) is 24.4 Å². The third-order valence-corrected chi connectivity index (χ3v) is 2.74. The maximum absolute atomic E-state index is 13.7. The number of aryl methyl sites for hydroxylation is 2. The number of nitrogens with zero attached hydrogens (tertiary/aromatic N) is 2. The largest absolute Gasteiger partial charge is 0.373 e. The molecule has 0 fully saturated rings. The van der Waals surface area contributed by atoms with Gasteiger partial charge in [-0.05, 0) is 31.5 Å². The first-order valence-electron chi connectivity index (χ1n) is 5.58. The molecule has 1 atom stereocenters. The summed E-state index contributed by atoms with van der Waals surface area (Å²) in [5.41, 5.74) is 1.42. The van der Waals surface area contributed by atoms with Crippen LogP contribution in [0.5, 0.6) is 0 Å². The highest BCUT2D eigenvalue weighted by molar-refractivity contribution is 5.47. The molecule has 0 aliphatic heterocycles. The maximum atomic E-state index is 13.7. The number of hydrogen-bond donors (Lipinski definition) is 1. The van der Waals surface area contributed by atoms with Gasteiger partial charge in [-0.1, -0.05) is 6.07 Å². The SMILES string of the molecule is Cc1ccc(NC(C)c2nccn2C)c(F)c1. The van der Waals surface area contributed by atoms with Gasteiger partial charge in [0.15, 0.2) is 0 Å². The van der Waals surface area contributed by atoms with Crippen molar-refractivity contribution in [2.24, 2.45) is 7.05 Å². The van der Waals surface area contributed by atoms with Gasteiger partial charge < -0.3 is 9.88 Å². The Morgan fingerprint density at radius 3 is 2.76 bits per heavy atom. The summed E-state index contributed by atoms with van der Waals surface area (Å²) >= 11 is 0. The van der Waals surface area contributed by atoms with Gasteiger partial charge in [0, 0.05) is 19.4 Å². The van der Waals surface area contributed by atoms with E-state index in [1.54, 1.807) is 12.3 Å². The van der Waals surface area contributed by atoms with Crippen molar-refractivity contribution < 1.29 is 4.39 Å². The minimum absolute atomic E-state index is 0.0350. The van der Waals surface area contributed by atoms with Crippen LogP contribution in [0.25, 0.3) is 0 Å². The van der Waals surface area contributed by atoms with Crippen LogP contribution in [-0.4, -0.2) is 9.55 Å². The lowest BCUT2D eigenvalue weighted by Gasteiger charge is -2.15. The number of rotatable bonds is 3. The standard InChI is InChI=1S/C13H16FN3/c1-9-4-5-12(11(14)8-9)16-10(2)13-15-6-7-17(13)3/h4-8,10,16H,1-3H3. The maximum Gasteiger partial charge on any atom is 0.146 e. The Kier molecular flexibility index (Phi) is 3.13. The Morgan fingerprint density at radius 2 is 2.18 bits per heavy atom. The van der Waals surface area contributed by atoms with Gasteiger partial charge in [-0.3, -0.25) is 0 Å². The summed E-state index contributed by atoms with van der Waals surface area (Å²) in [6.45, 7) is 3.83. The van der Waals surface area contributed by atoms with Gasteiger partial charge in [-0.15, -0.1) is 0 Å². The number of halogens is 1. The van der Waals surface area contributed by atoms with Gasteiger partial charge in [-0.25, -0.2) is 9.37 Å². The fraction of sp³-hybridized carbons (Fsp3) is 0.308. The van der Waals surface area contributed by atoms with Gasteiger partial charge in [0.05, 0.1) is 11.7 Å². The first-order chi connectivity index (χ1) is 8.08. The number of imidazole rings is 1. The lowest BCUT2D eigenvalue weighted by atomic mass is 10.2. The zero-order valence-corrected chi connectivity index (χ0v) is 10.2. The Balaban J connectivity index is 2.19. The second-order valence-electron chi connectivity index (χ2n) is 4.25. The molecule has 0 aliphatic carbocycles. The summed E-state index contributed by atoms with van der Waals surface area (Å²) in [5, 5.41) is 3.12. The summed E-state index contributed by atoms with van der Waals surface area (Å²) in [6, 6.07) is 5.13. The van der Waals surface area contributed by atoms with E-state index in [2.05, 4.69) is 10.3 Å². The monoisotopic (exact) mass is 233 g/mol. The molecule has 90 valence electrons. The Bertz CT molecular complexity index is 519. The molecule has 0 amide bonds. The van der Waals surface area contributed by atoms with Crippen molar-refractivity contribution in [2.75, 3.05) is 5.32 Å². The Hall–Kier alpha value is -1.84. The predicted molar refractivity (Wildman–Crippen MR) is 66.4 cm³/mol. The Morgan fingerprint density at radius 1 is 1.41 bits per heavy atom. The third-order valence-electron chi connectivity index (χ3n) is 2.74. The minimum atomic E-state index is -0.231. The van der Waals surface area contributed by atoms with Gasteiger partial charge in [0.1, 0.15) is 11.6 Å². The van der Waals surface area contributed by atoms with Crippen molar-refractivity contribution in [3.8, 4) is 0 Å². The Labute approximate surface area is 100 Å². The van der Waals surface area contributed by atoms with E-state index in [-0.39, 0.29) is 11.9 Å². The highest BCUT2D eigenvalue weighted by Gasteiger charge is 2.11. The molecular weight excluding hydrogens is 217 g/mol. The first kappa shape index (κ1) is 11.6. The number of nitrogens with one attached hydrogen (secondary N) is 1. The molecule has 2 aromatic rings. The quantitative estimate of drug-likeness (QED) is 0.883. The van der Waals surface area contributed by atoms with E-state index < -0.39 is 0 Å². The summed E-state index contributed by atoms with van der Waals surface area (Å²) < 4.78 is 15.6. The highest BCUT2D eigenvalue weighted by Crippen LogP contribution is 2.21. The van der Waals surface area contributed by atoms with E-state index in [4.69, 9.17) is 0 Å². The molecule has 0 bridgehead atoms. The van der Waals surface area contributed by atoms with Crippen molar-refractivity contribution in [1.82, 2.24) is 9.55 Å². The number of anilines is 1. The summed E-state index contributed by atoms with van der Waals surface area (Å²) in [5.74, 6) is 0.649. The molecule has 4 heteroatoms. The molecule has 17 heavy (non-hydrogen) atoms. The summed E-state index contributed by atoms with van der Waals surface area (Å²) in [7, 11) is 1.92. The number of benzene rings is 1. The van der Waals surface area contributed by atoms with E-state index in [1.165, 1.54) is 6.07 Å². The molecule has 0 saturated heterocycles. The smallest absolute Gasteiger partial charge is 0.146 e. The van der Waals surface area contributed by atoms with Crippen LogP contribution in [0.4, 0.5) is 10.1 Å². The highest BCUT2D eigenvalue weighted by atomic mass is 19.1. The topological polar surface area (TPSA) is 29.9 Å². The minimum Gasteiger partial charge on any atom is -0.373 e. The van der Waals surface area contributed by atoms with Crippen molar-refractivity contribution in [2.45, 2.75) is 19.9 Å². The van der Waals surface area contributed by atoms with Crippen LogP contribution in [0.2, 0.25) is 0 Å². The molecule has 1 aromatic heterocycles. The van der Waals surface area contributed by atoms with E-state index in [0.717, 1.165) is 11.4 Å². The molecule has 3 nitrogen and oxygen atoms in total. The first-order valence-corrected chi connectivity index (χ1v) is 5.58. The molecule has 2 rings (SSSR count). The second-order valence-corrected chi connectivity index (χ2v) is 4.25. The fourth-order valence-corrected chi connectivity index (χ4v) is 1.83. The van der Waals surface area contributed by atoms with E-state index >= 15 is 0 Å². The molecule has 0 saturated carbocycles.